The number of rotatable bonds is 16. The monoisotopic (exact) mass is 498 g/mol. The molecule has 35 heavy (non-hydrogen) atoms. The minimum Gasteiger partial charge on any atom is -0.480 e. The molecule has 0 aliphatic rings. The fourth-order valence-electron chi connectivity index (χ4n) is 2.84. The van der Waals surface area contributed by atoms with Crippen LogP contribution >= 0.6 is 0 Å². The number of aromatic nitrogens is 2. The highest BCUT2D eigenvalue weighted by Gasteiger charge is 2.30. The smallest absolute Gasteiger partial charge is 0.326 e. The second kappa shape index (κ2) is 14.3. The standard InChI is InChI=1S/C19H30N8O8/c20-10(5-9-6-23-8-24-9)16(31)25-11(1-3-14(21)29)17(32)27-13(7-28)18(33)26-12(19(34)35)2-4-15(22)30/h6,8,10-13,28H,1-5,7,20H2,(H2,21,29)(H2,22,30)(H,23,24)(H,25,31)(H,26,33)(H,27,32)(H,34,35). The van der Waals surface area contributed by atoms with Crippen molar-refractivity contribution in [2.45, 2.75) is 56.3 Å². The average molecular weight is 498 g/mol. The van der Waals surface area contributed by atoms with Crippen LogP contribution in [0.3, 0.4) is 0 Å². The maximum absolute atomic E-state index is 12.7. The maximum Gasteiger partial charge on any atom is 0.326 e. The number of primary amides is 2. The summed E-state index contributed by atoms with van der Waals surface area (Å²) < 4.78 is 0. The topological polar surface area (TPSA) is 286 Å². The molecule has 1 aromatic rings. The van der Waals surface area contributed by atoms with E-state index < -0.39 is 66.3 Å². The van der Waals surface area contributed by atoms with Gasteiger partial charge in [0, 0.05) is 31.2 Å². The number of nitrogens with one attached hydrogen (secondary N) is 4. The summed E-state index contributed by atoms with van der Waals surface area (Å²) in [5.41, 5.74) is 16.5. The van der Waals surface area contributed by atoms with Gasteiger partial charge in [-0.1, -0.05) is 0 Å². The third-order valence-corrected chi connectivity index (χ3v) is 4.75. The minimum absolute atomic E-state index is 0.0690. The molecular formula is C19H30N8O8. The number of aliphatic carboxylic acids is 1. The first-order valence-electron chi connectivity index (χ1n) is 10.5. The minimum atomic E-state index is -1.61. The molecule has 194 valence electrons. The molecule has 16 heteroatoms. The summed E-state index contributed by atoms with van der Waals surface area (Å²) in [4.78, 5) is 77.6. The number of aromatic amines is 1. The van der Waals surface area contributed by atoms with Crippen molar-refractivity contribution in [3.05, 3.63) is 18.2 Å². The van der Waals surface area contributed by atoms with Crippen molar-refractivity contribution in [3.8, 4) is 0 Å². The second-order valence-electron chi connectivity index (χ2n) is 7.60. The van der Waals surface area contributed by atoms with Crippen LogP contribution in [0.25, 0.3) is 0 Å². The molecule has 4 unspecified atom stereocenters. The highest BCUT2D eigenvalue weighted by atomic mass is 16.4. The number of hydrogen-bond acceptors (Lipinski definition) is 9. The number of carbonyl (C=O) groups excluding carboxylic acids is 5. The van der Waals surface area contributed by atoms with Crippen molar-refractivity contribution in [2.75, 3.05) is 6.61 Å². The Hall–Kier alpha value is -4.05. The summed E-state index contributed by atoms with van der Waals surface area (Å²) in [7, 11) is 0. The van der Waals surface area contributed by atoms with Gasteiger partial charge in [0.2, 0.25) is 29.5 Å². The van der Waals surface area contributed by atoms with E-state index in [-0.39, 0.29) is 32.1 Å². The van der Waals surface area contributed by atoms with Crippen molar-refractivity contribution in [2.24, 2.45) is 17.2 Å². The van der Waals surface area contributed by atoms with Crippen LogP contribution in [0.4, 0.5) is 0 Å². The van der Waals surface area contributed by atoms with Crippen LogP contribution in [0.15, 0.2) is 12.5 Å². The third kappa shape index (κ3) is 10.6. The van der Waals surface area contributed by atoms with Gasteiger partial charge >= 0.3 is 5.97 Å². The summed E-state index contributed by atoms with van der Waals surface area (Å²) in [6, 6.07) is -5.55. The van der Waals surface area contributed by atoms with Crippen LogP contribution in [-0.4, -0.2) is 86.5 Å². The largest absolute Gasteiger partial charge is 0.480 e. The first kappa shape index (κ1) is 29.0. The molecule has 0 aliphatic carbocycles. The Balaban J connectivity index is 2.85. The van der Waals surface area contributed by atoms with E-state index in [1.807, 2.05) is 0 Å². The number of H-pyrrole nitrogens is 1. The summed E-state index contributed by atoms with van der Waals surface area (Å²) in [6.07, 6.45) is 1.76. The molecule has 0 aromatic carbocycles. The Morgan fingerprint density at radius 3 is 1.89 bits per heavy atom. The Kier molecular flexibility index (Phi) is 11.8. The van der Waals surface area contributed by atoms with Gasteiger partial charge in [0.1, 0.15) is 18.1 Å². The van der Waals surface area contributed by atoms with Crippen LogP contribution in [0, 0.1) is 0 Å². The fourth-order valence-corrected chi connectivity index (χ4v) is 2.84. The SMILES string of the molecule is NC(=O)CCC(NC(=O)C(CO)NC(=O)C(CCC(N)=O)NC(=O)C(N)Cc1cnc[nH]1)C(=O)O. The Labute approximate surface area is 199 Å². The zero-order valence-corrected chi connectivity index (χ0v) is 18.7. The summed E-state index contributed by atoms with van der Waals surface area (Å²) in [5.74, 6) is -5.75. The zero-order valence-electron chi connectivity index (χ0n) is 18.7. The van der Waals surface area contributed by atoms with E-state index in [1.165, 1.54) is 12.5 Å². The second-order valence-corrected chi connectivity index (χ2v) is 7.60. The van der Waals surface area contributed by atoms with Gasteiger partial charge in [-0.2, -0.15) is 0 Å². The number of carbonyl (C=O) groups is 6. The first-order valence-corrected chi connectivity index (χ1v) is 10.5. The number of aliphatic hydroxyl groups is 1. The zero-order chi connectivity index (χ0) is 26.5. The van der Waals surface area contributed by atoms with Crippen LogP contribution in [0.1, 0.15) is 31.4 Å². The van der Waals surface area contributed by atoms with E-state index in [0.29, 0.717) is 5.69 Å². The normalized spacial score (nSPS) is 14.1. The number of aliphatic hydroxyl groups excluding tert-OH is 1. The highest BCUT2D eigenvalue weighted by Crippen LogP contribution is 2.03. The van der Waals surface area contributed by atoms with Crippen LogP contribution in [0.5, 0.6) is 0 Å². The lowest BCUT2D eigenvalue weighted by Crippen LogP contribution is -2.58. The molecule has 5 amide bonds. The highest BCUT2D eigenvalue weighted by molar-refractivity contribution is 5.94. The van der Waals surface area contributed by atoms with Gasteiger partial charge in [-0.3, -0.25) is 24.0 Å². The quantitative estimate of drug-likeness (QED) is 0.105. The molecule has 0 saturated heterocycles. The first-order chi connectivity index (χ1) is 16.4. The van der Waals surface area contributed by atoms with Crippen molar-refractivity contribution in [1.29, 1.82) is 0 Å². The molecule has 0 fully saturated rings. The molecular weight excluding hydrogens is 468 g/mol. The fraction of sp³-hybridized carbons (Fsp3) is 0.526. The van der Waals surface area contributed by atoms with Gasteiger partial charge < -0.3 is 48.3 Å². The molecule has 0 radical (unpaired) electrons. The van der Waals surface area contributed by atoms with E-state index in [1.54, 1.807) is 0 Å². The number of imidazole rings is 1. The van der Waals surface area contributed by atoms with Gasteiger partial charge in [-0.15, -0.1) is 0 Å². The van der Waals surface area contributed by atoms with E-state index in [4.69, 9.17) is 17.2 Å². The molecule has 0 bridgehead atoms. The van der Waals surface area contributed by atoms with Crippen LogP contribution < -0.4 is 33.2 Å². The number of carboxylic acid groups (broad SMARTS) is 1. The lowest BCUT2D eigenvalue weighted by atomic mass is 10.1. The van der Waals surface area contributed by atoms with E-state index >= 15 is 0 Å². The van der Waals surface area contributed by atoms with Crippen LogP contribution in [0.2, 0.25) is 0 Å². The number of amides is 5. The molecule has 0 saturated carbocycles. The van der Waals surface area contributed by atoms with Gasteiger partial charge in [-0.05, 0) is 12.8 Å². The molecule has 1 rings (SSSR count). The molecule has 16 nitrogen and oxygen atoms in total. The summed E-state index contributed by atoms with van der Waals surface area (Å²) in [6.45, 7) is -0.921. The number of hydrogen-bond donors (Lipinski definition) is 9. The summed E-state index contributed by atoms with van der Waals surface area (Å²) >= 11 is 0. The average Bonchev–Trinajstić information content (AvgIpc) is 3.29. The van der Waals surface area contributed by atoms with E-state index in [0.717, 1.165) is 0 Å². The van der Waals surface area contributed by atoms with Crippen molar-refractivity contribution >= 4 is 35.5 Å². The number of nitrogens with zero attached hydrogens (tertiary/aromatic N) is 1. The predicted molar refractivity (Wildman–Crippen MR) is 118 cm³/mol. The van der Waals surface area contributed by atoms with E-state index in [9.17, 15) is 39.0 Å². The van der Waals surface area contributed by atoms with Gasteiger partial charge in [0.25, 0.3) is 0 Å². The lowest BCUT2D eigenvalue weighted by Gasteiger charge is -2.24. The third-order valence-electron chi connectivity index (χ3n) is 4.75. The Morgan fingerprint density at radius 1 is 0.886 bits per heavy atom. The Morgan fingerprint density at radius 2 is 1.40 bits per heavy atom. The molecule has 0 aliphatic heterocycles. The van der Waals surface area contributed by atoms with Crippen molar-refractivity contribution in [1.82, 2.24) is 25.9 Å². The maximum atomic E-state index is 12.7. The van der Waals surface area contributed by atoms with Crippen LogP contribution in [-0.2, 0) is 35.2 Å². The predicted octanol–water partition coefficient (Wildman–Crippen LogP) is -4.66. The molecule has 1 aromatic heterocycles. The van der Waals surface area contributed by atoms with Gasteiger partial charge in [0.15, 0.2) is 0 Å². The lowest BCUT2D eigenvalue weighted by molar-refractivity contribution is -0.143. The molecule has 4 atom stereocenters. The molecule has 1 heterocycles. The van der Waals surface area contributed by atoms with Gasteiger partial charge in [0.05, 0.1) is 19.0 Å². The molecule has 0 spiro atoms. The van der Waals surface area contributed by atoms with Gasteiger partial charge in [-0.25, -0.2) is 9.78 Å². The van der Waals surface area contributed by atoms with Crippen molar-refractivity contribution in [3.63, 3.8) is 0 Å². The van der Waals surface area contributed by atoms with Crippen molar-refractivity contribution < 1.29 is 39.0 Å². The number of carboxylic acids is 1. The Bertz CT molecular complexity index is 907. The number of nitrogens with two attached hydrogens (primary N) is 3. The van der Waals surface area contributed by atoms with E-state index in [2.05, 4.69) is 25.9 Å². The molecule has 12 N–H and O–H groups in total. The summed E-state index contributed by atoms with van der Waals surface area (Å²) in [5, 5.41) is 25.4.